The molecule has 0 aromatic heterocycles. The molecule has 0 unspecified atom stereocenters. The molecular weight excluding hydrogens is 340 g/mol. The van der Waals surface area contributed by atoms with E-state index in [9.17, 15) is 14.4 Å². The molecule has 0 aromatic rings. The number of Topliss-reactive ketones (excluding diaryl/α,β-unsaturated/α-hetero) is 1. The van der Waals surface area contributed by atoms with Crippen LogP contribution < -0.4 is 0 Å². The first-order valence-electron chi connectivity index (χ1n) is 7.83. The Hall–Kier alpha value is -0.756. The van der Waals surface area contributed by atoms with Gasteiger partial charge < -0.3 is 4.79 Å². The van der Waals surface area contributed by atoms with Gasteiger partial charge in [-0.3, -0.25) is 0 Å². The molecule has 0 atom stereocenters. The quantitative estimate of drug-likeness (QED) is 0.431. The molecule has 23 heavy (non-hydrogen) atoms. The zero-order valence-corrected chi connectivity index (χ0v) is 16.7. The summed E-state index contributed by atoms with van der Waals surface area (Å²) >= 11 is -4.27. The molecule has 0 bridgehead atoms. The Morgan fingerprint density at radius 3 is 1.26 bits per heavy atom. The van der Waals surface area contributed by atoms with Gasteiger partial charge in [-0.1, -0.05) is 0 Å². The molecule has 0 spiro atoms. The molecule has 0 radical (unpaired) electrons. The Labute approximate surface area is 144 Å². The van der Waals surface area contributed by atoms with Crippen molar-refractivity contribution in [2.24, 2.45) is 0 Å². The van der Waals surface area contributed by atoms with Gasteiger partial charge in [0.05, 0.1) is 0 Å². The molecule has 0 saturated heterocycles. The van der Waals surface area contributed by atoms with E-state index in [0.29, 0.717) is 13.2 Å². The van der Waals surface area contributed by atoms with Gasteiger partial charge in [0.25, 0.3) is 0 Å². The molecule has 0 fully saturated rings. The summed E-state index contributed by atoms with van der Waals surface area (Å²) in [4.78, 5) is 31.8. The Balaban J connectivity index is 0. The van der Waals surface area contributed by atoms with Gasteiger partial charge in [-0.05, 0) is 13.8 Å². The average molecular weight is 370 g/mol. The molecular formula is C15H30O7Ti. The summed E-state index contributed by atoms with van der Waals surface area (Å²) in [6, 6.07) is 0. The fourth-order valence-electron chi connectivity index (χ4n) is 1.22. The second-order valence-electron chi connectivity index (χ2n) is 5.00. The zero-order chi connectivity index (χ0) is 18.3. The van der Waals surface area contributed by atoms with Gasteiger partial charge >= 0.3 is 120 Å². The summed E-state index contributed by atoms with van der Waals surface area (Å²) in [6.45, 7) is 10.3. The average Bonchev–Trinajstić information content (AvgIpc) is 2.37. The molecule has 0 rings (SSSR count). The molecule has 0 N–H and O–H groups in total. The molecule has 0 aromatic carbocycles. The first-order chi connectivity index (χ1) is 10.7. The third-order valence-electron chi connectivity index (χ3n) is 2.09. The zero-order valence-electron chi connectivity index (χ0n) is 15.1. The predicted octanol–water partition coefficient (Wildman–Crippen LogP) is 3.16. The second-order valence-corrected chi connectivity index (χ2v) is 8.10. The van der Waals surface area contributed by atoms with Crippen LogP contribution in [-0.2, 0) is 45.8 Å². The number of carbonyl (C=O) groups is 3. The fraction of sp³-hybridized carbons (Fsp3) is 0.800. The van der Waals surface area contributed by atoms with Crippen molar-refractivity contribution in [1.29, 1.82) is 0 Å². The first-order valence-corrected chi connectivity index (χ1v) is 10.4. The molecule has 0 saturated carbocycles. The summed E-state index contributed by atoms with van der Waals surface area (Å²) in [7, 11) is 0. The van der Waals surface area contributed by atoms with Gasteiger partial charge in [0.1, 0.15) is 5.78 Å². The second kappa shape index (κ2) is 14.8. The number of ketones is 1. The molecule has 0 heterocycles. The monoisotopic (exact) mass is 370 g/mol. The molecule has 7 nitrogen and oxygen atoms in total. The Bertz CT molecular complexity index is 326. The van der Waals surface area contributed by atoms with Crippen molar-refractivity contribution in [2.75, 3.05) is 13.2 Å². The summed E-state index contributed by atoms with van der Waals surface area (Å²) in [5, 5.41) is 0. The Kier molecular flexibility index (Phi) is 15.8. The van der Waals surface area contributed by atoms with Crippen LogP contribution in [0, 0.1) is 0 Å². The summed E-state index contributed by atoms with van der Waals surface area (Å²) in [6.07, 6.45) is 3.42. The summed E-state index contributed by atoms with van der Waals surface area (Å²) in [5.41, 5.74) is 0. The number of hydrogen-bond acceptors (Lipinski definition) is 7. The van der Waals surface area contributed by atoms with Crippen molar-refractivity contribution in [1.82, 2.24) is 0 Å². The number of unbranched alkanes of at least 4 members (excludes halogenated alkanes) is 2. The van der Waals surface area contributed by atoms with Crippen LogP contribution in [0.25, 0.3) is 0 Å². The Morgan fingerprint density at radius 1 is 0.739 bits per heavy atom. The van der Waals surface area contributed by atoms with Crippen LogP contribution in [-0.4, -0.2) is 30.9 Å². The van der Waals surface area contributed by atoms with E-state index in [1.165, 1.54) is 27.7 Å². The van der Waals surface area contributed by atoms with Crippen LogP contribution in [0.1, 0.15) is 67.2 Å². The maximum absolute atomic E-state index is 11.2. The van der Waals surface area contributed by atoms with Crippen LogP contribution in [0.4, 0.5) is 0 Å². The molecule has 0 amide bonds. The third kappa shape index (κ3) is 17.4. The van der Waals surface area contributed by atoms with Gasteiger partial charge in [-0.2, -0.15) is 0 Å². The van der Waals surface area contributed by atoms with E-state index in [1.807, 2.05) is 13.8 Å². The first kappa shape index (κ1) is 24.5. The van der Waals surface area contributed by atoms with E-state index < -0.39 is 30.1 Å². The van der Waals surface area contributed by atoms with Crippen molar-refractivity contribution in [3.63, 3.8) is 0 Å². The predicted molar refractivity (Wildman–Crippen MR) is 81.6 cm³/mol. The van der Waals surface area contributed by atoms with E-state index in [0.717, 1.165) is 25.7 Å². The van der Waals surface area contributed by atoms with Gasteiger partial charge in [-0.15, -0.1) is 0 Å². The van der Waals surface area contributed by atoms with Crippen LogP contribution in [0.2, 0.25) is 0 Å². The normalized spacial score (nSPS) is 10.3. The van der Waals surface area contributed by atoms with Gasteiger partial charge in [0, 0.05) is 0 Å². The van der Waals surface area contributed by atoms with Crippen molar-refractivity contribution < 1.29 is 45.8 Å². The van der Waals surface area contributed by atoms with E-state index in [4.69, 9.17) is 13.3 Å². The van der Waals surface area contributed by atoms with Gasteiger partial charge in [0.2, 0.25) is 0 Å². The molecule has 8 heteroatoms. The minimum absolute atomic E-state index is 0.167. The third-order valence-corrected chi connectivity index (χ3v) is 5.51. The molecule has 0 aliphatic carbocycles. The summed E-state index contributed by atoms with van der Waals surface area (Å²) < 4.78 is 21.2. The van der Waals surface area contributed by atoms with Crippen molar-refractivity contribution in [2.45, 2.75) is 67.2 Å². The summed E-state index contributed by atoms with van der Waals surface area (Å²) in [5.74, 6) is -0.955. The van der Waals surface area contributed by atoms with Crippen molar-refractivity contribution in [3.8, 4) is 0 Å². The molecule has 0 aliphatic rings. The van der Waals surface area contributed by atoms with Crippen molar-refractivity contribution >= 4 is 17.7 Å². The molecule has 0 aliphatic heterocycles. The number of rotatable bonds is 10. The fourth-order valence-corrected chi connectivity index (χ4v) is 4.11. The molecule has 136 valence electrons. The van der Waals surface area contributed by atoms with Gasteiger partial charge in [0.15, 0.2) is 0 Å². The number of hydrogen-bond donors (Lipinski definition) is 0. The van der Waals surface area contributed by atoms with Crippen LogP contribution >= 0.6 is 0 Å². The number of carbonyl (C=O) groups excluding carboxylic acids is 3. The maximum atomic E-state index is 11.2. The Morgan fingerprint density at radius 2 is 1.04 bits per heavy atom. The van der Waals surface area contributed by atoms with Crippen LogP contribution in [0.3, 0.4) is 0 Å². The standard InChI is InChI=1S/2C4H9O.C3H6O.2C2H4O2.Ti/c2*1-2-3-4-5;1-3(2)4;2*1-2(3)4;/h2*2-4H2,1H3;1-2H3;2*1H3,(H,3,4);/q2*-1;;;;+4/p-2. The van der Waals surface area contributed by atoms with E-state index in [2.05, 4.69) is 0 Å². The van der Waals surface area contributed by atoms with Gasteiger partial charge in [-0.25, -0.2) is 0 Å². The van der Waals surface area contributed by atoms with E-state index in [1.54, 1.807) is 0 Å². The minimum atomic E-state index is -4.27. The van der Waals surface area contributed by atoms with Crippen molar-refractivity contribution in [3.05, 3.63) is 0 Å². The van der Waals surface area contributed by atoms with Crippen LogP contribution in [0.15, 0.2) is 0 Å². The SMILES string of the molecule is CC(C)=O.CCCC[O][Ti]([O]CCCC)([O]C(C)=O)[O]C(C)=O. The van der Waals surface area contributed by atoms with Crippen LogP contribution in [0.5, 0.6) is 0 Å². The van der Waals surface area contributed by atoms with E-state index >= 15 is 0 Å². The topological polar surface area (TPSA) is 88.1 Å². The van der Waals surface area contributed by atoms with E-state index in [-0.39, 0.29) is 5.78 Å².